The van der Waals surface area contributed by atoms with E-state index < -0.39 is 0 Å². The molecule has 2 aromatic rings. The first-order valence-electron chi connectivity index (χ1n) is 5.66. The average Bonchev–Trinajstić information content (AvgIpc) is 2.67. The fourth-order valence-electron chi connectivity index (χ4n) is 1.83. The van der Waals surface area contributed by atoms with Crippen molar-refractivity contribution in [1.29, 1.82) is 0 Å². The maximum atomic E-state index is 8.54. The van der Waals surface area contributed by atoms with Crippen molar-refractivity contribution in [3.63, 3.8) is 0 Å². The maximum absolute atomic E-state index is 8.54. The number of aryl methyl sites for hydroxylation is 2. The van der Waals surface area contributed by atoms with E-state index in [9.17, 15) is 0 Å². The normalized spacial score (nSPS) is 11.2. The van der Waals surface area contributed by atoms with Crippen molar-refractivity contribution in [1.82, 2.24) is 20.2 Å². The smallest absolute Gasteiger partial charge is 0.158 e. The molecule has 6 heteroatoms. The molecule has 0 spiro atoms. The molecule has 2 heterocycles. The van der Waals surface area contributed by atoms with Gasteiger partial charge >= 0.3 is 0 Å². The highest BCUT2D eigenvalue weighted by Crippen LogP contribution is 2.17. The highest BCUT2D eigenvalue weighted by molar-refractivity contribution is 5.78. The van der Waals surface area contributed by atoms with Crippen LogP contribution in [-0.2, 0) is 13.1 Å². The summed E-state index contributed by atoms with van der Waals surface area (Å²) in [5.74, 6) is 0. The molecular weight excluding hydrogens is 218 g/mol. The van der Waals surface area contributed by atoms with Gasteiger partial charge in [0.2, 0.25) is 0 Å². The highest BCUT2D eigenvalue weighted by Gasteiger charge is 2.10. The quantitative estimate of drug-likeness (QED) is 0.520. The monoisotopic (exact) mass is 235 g/mol. The Labute approximate surface area is 99.4 Å². The molecular formula is C11H17N5O. The molecule has 2 rings (SSSR count). The van der Waals surface area contributed by atoms with E-state index in [-0.39, 0.29) is 0 Å². The van der Waals surface area contributed by atoms with Gasteiger partial charge in [-0.25, -0.2) is 15.1 Å². The lowest BCUT2D eigenvalue weighted by molar-refractivity contribution is 0.163. The third kappa shape index (κ3) is 2.44. The van der Waals surface area contributed by atoms with Gasteiger partial charge in [0, 0.05) is 30.7 Å². The Hall–Kier alpha value is -1.50. The number of fused-ring (bicyclic) bond motifs is 1. The number of nitrogens with two attached hydrogens (primary N) is 1. The second kappa shape index (κ2) is 5.22. The summed E-state index contributed by atoms with van der Waals surface area (Å²) < 4.78 is 1.85. The molecule has 0 amide bonds. The Morgan fingerprint density at radius 2 is 2.29 bits per heavy atom. The first kappa shape index (κ1) is 12.0. The summed E-state index contributed by atoms with van der Waals surface area (Å²) >= 11 is 0. The molecule has 0 aliphatic carbocycles. The second-order valence-corrected chi connectivity index (χ2v) is 3.96. The molecule has 17 heavy (non-hydrogen) atoms. The van der Waals surface area contributed by atoms with Crippen LogP contribution in [0.25, 0.3) is 11.0 Å². The molecule has 0 bridgehead atoms. The number of nitrogens with zero attached hydrogens (tertiary/aromatic N) is 3. The summed E-state index contributed by atoms with van der Waals surface area (Å²) in [4.78, 5) is 4.48. The number of nitrogens with one attached hydrogen (secondary N) is 1. The molecule has 0 saturated carbocycles. The van der Waals surface area contributed by atoms with Gasteiger partial charge in [-0.1, -0.05) is 0 Å². The Morgan fingerprint density at radius 1 is 1.47 bits per heavy atom. The van der Waals surface area contributed by atoms with E-state index in [2.05, 4.69) is 15.6 Å². The standard InChI is InChI=1S/C11H17N5O/c1-8-3-4-9-10(7-12)15-16(11(9)14-8)6-2-5-13-17/h3-4,13,17H,2,5-7,12H2,1H3. The number of aromatic nitrogens is 3. The van der Waals surface area contributed by atoms with Crippen molar-refractivity contribution in [2.24, 2.45) is 5.73 Å². The minimum atomic E-state index is 0.409. The Bertz CT molecular complexity index is 508. The first-order valence-corrected chi connectivity index (χ1v) is 5.66. The van der Waals surface area contributed by atoms with Crippen LogP contribution >= 0.6 is 0 Å². The van der Waals surface area contributed by atoms with Crippen LogP contribution in [0.2, 0.25) is 0 Å². The van der Waals surface area contributed by atoms with E-state index in [4.69, 9.17) is 10.9 Å². The van der Waals surface area contributed by atoms with Gasteiger partial charge in [0.15, 0.2) is 5.65 Å². The molecule has 4 N–H and O–H groups in total. The minimum Gasteiger partial charge on any atom is -0.325 e. The van der Waals surface area contributed by atoms with Crippen molar-refractivity contribution in [2.45, 2.75) is 26.4 Å². The fraction of sp³-hybridized carbons (Fsp3) is 0.455. The molecule has 0 unspecified atom stereocenters. The summed E-state index contributed by atoms with van der Waals surface area (Å²) in [5, 5.41) is 14.0. The van der Waals surface area contributed by atoms with Crippen LogP contribution in [0.1, 0.15) is 17.8 Å². The molecule has 0 fully saturated rings. The van der Waals surface area contributed by atoms with Crippen LogP contribution in [0, 0.1) is 6.92 Å². The van der Waals surface area contributed by atoms with E-state index in [1.807, 2.05) is 23.7 Å². The number of pyridine rings is 1. The molecule has 0 saturated heterocycles. The first-order chi connectivity index (χ1) is 8.26. The van der Waals surface area contributed by atoms with Crippen molar-refractivity contribution in [3.8, 4) is 0 Å². The highest BCUT2D eigenvalue weighted by atomic mass is 16.5. The number of hydrogen-bond donors (Lipinski definition) is 3. The average molecular weight is 235 g/mol. The fourth-order valence-corrected chi connectivity index (χ4v) is 1.83. The van der Waals surface area contributed by atoms with Crippen LogP contribution in [0.3, 0.4) is 0 Å². The number of hydrogen-bond acceptors (Lipinski definition) is 5. The van der Waals surface area contributed by atoms with Crippen molar-refractivity contribution < 1.29 is 5.21 Å². The molecule has 6 nitrogen and oxygen atoms in total. The molecule has 2 aromatic heterocycles. The van der Waals surface area contributed by atoms with Crippen LogP contribution < -0.4 is 11.2 Å². The lowest BCUT2D eigenvalue weighted by Gasteiger charge is -2.02. The van der Waals surface area contributed by atoms with E-state index in [0.29, 0.717) is 19.6 Å². The summed E-state index contributed by atoms with van der Waals surface area (Å²) in [6, 6.07) is 3.97. The van der Waals surface area contributed by atoms with E-state index in [1.165, 1.54) is 0 Å². The van der Waals surface area contributed by atoms with Gasteiger partial charge in [-0.2, -0.15) is 5.10 Å². The zero-order valence-corrected chi connectivity index (χ0v) is 9.85. The maximum Gasteiger partial charge on any atom is 0.158 e. The Kier molecular flexibility index (Phi) is 3.68. The third-order valence-corrected chi connectivity index (χ3v) is 2.66. The third-order valence-electron chi connectivity index (χ3n) is 2.66. The van der Waals surface area contributed by atoms with Crippen LogP contribution in [-0.4, -0.2) is 26.5 Å². The van der Waals surface area contributed by atoms with E-state index in [0.717, 1.165) is 28.8 Å². The molecule has 0 atom stereocenters. The Balaban J connectivity index is 2.36. The van der Waals surface area contributed by atoms with Gasteiger partial charge in [-0.05, 0) is 25.5 Å². The molecule has 0 aromatic carbocycles. The van der Waals surface area contributed by atoms with Gasteiger partial charge in [-0.3, -0.25) is 0 Å². The summed E-state index contributed by atoms with van der Waals surface area (Å²) in [6.45, 7) is 3.60. The lowest BCUT2D eigenvalue weighted by atomic mass is 10.2. The largest absolute Gasteiger partial charge is 0.325 e. The zero-order valence-electron chi connectivity index (χ0n) is 9.85. The van der Waals surface area contributed by atoms with Crippen LogP contribution in [0.5, 0.6) is 0 Å². The molecule has 0 aliphatic heterocycles. The minimum absolute atomic E-state index is 0.409. The SMILES string of the molecule is Cc1ccc2c(CN)nn(CCCNO)c2n1. The zero-order chi connectivity index (χ0) is 12.3. The summed E-state index contributed by atoms with van der Waals surface area (Å²) in [6.07, 6.45) is 0.785. The molecule has 0 radical (unpaired) electrons. The van der Waals surface area contributed by atoms with Gasteiger partial charge in [0.05, 0.1) is 5.69 Å². The van der Waals surface area contributed by atoms with Crippen molar-refractivity contribution in [3.05, 3.63) is 23.5 Å². The number of rotatable bonds is 5. The molecule has 92 valence electrons. The predicted molar refractivity (Wildman–Crippen MR) is 64.6 cm³/mol. The summed E-state index contributed by atoms with van der Waals surface area (Å²) in [7, 11) is 0. The van der Waals surface area contributed by atoms with E-state index in [1.54, 1.807) is 0 Å². The van der Waals surface area contributed by atoms with Crippen LogP contribution in [0.4, 0.5) is 0 Å². The van der Waals surface area contributed by atoms with Gasteiger partial charge in [0.25, 0.3) is 0 Å². The van der Waals surface area contributed by atoms with Gasteiger partial charge in [-0.15, -0.1) is 0 Å². The van der Waals surface area contributed by atoms with Gasteiger partial charge in [0.1, 0.15) is 0 Å². The van der Waals surface area contributed by atoms with E-state index >= 15 is 0 Å². The van der Waals surface area contributed by atoms with Crippen molar-refractivity contribution >= 4 is 11.0 Å². The lowest BCUT2D eigenvalue weighted by Crippen LogP contribution is -2.12. The van der Waals surface area contributed by atoms with Gasteiger partial charge < -0.3 is 10.9 Å². The van der Waals surface area contributed by atoms with Crippen molar-refractivity contribution in [2.75, 3.05) is 6.54 Å². The molecule has 0 aliphatic rings. The topological polar surface area (TPSA) is 89.0 Å². The van der Waals surface area contributed by atoms with Crippen LogP contribution in [0.15, 0.2) is 12.1 Å². The predicted octanol–water partition coefficient (Wildman–Crippen LogP) is 0.567. The number of hydroxylamine groups is 1. The summed E-state index contributed by atoms with van der Waals surface area (Å²) in [5.41, 5.74) is 10.5. The second-order valence-electron chi connectivity index (χ2n) is 3.96. The Morgan fingerprint density at radius 3 is 3.00 bits per heavy atom.